The molecule has 138 heavy (non-hydrogen) atoms. The number of fused-ring (bicyclic) bond motifs is 6. The van der Waals surface area contributed by atoms with E-state index in [1.807, 2.05) is 75.7 Å². The monoisotopic (exact) mass is 1910 g/mol. The highest BCUT2D eigenvalue weighted by Crippen LogP contribution is 2.40. The number of pyridine rings is 1. The van der Waals surface area contributed by atoms with Crippen LogP contribution < -0.4 is 37.6 Å². The number of ether oxygens (including phenoxy) is 9. The zero-order valence-electron chi connectivity index (χ0n) is 79.9. The van der Waals surface area contributed by atoms with E-state index in [4.69, 9.17) is 64.9 Å². The number of hydrogen-bond donors (Lipinski definition) is 10. The third-order valence-corrected chi connectivity index (χ3v) is 26.9. The highest BCUT2D eigenvalue weighted by atomic mass is 16.6. The highest BCUT2D eigenvalue weighted by Gasteiger charge is 2.54. The zero-order valence-corrected chi connectivity index (χ0v) is 79.9. The molecule has 16 atom stereocenters. The number of rotatable bonds is 30. The van der Waals surface area contributed by atoms with Crippen LogP contribution in [0.15, 0.2) is 115 Å². The molecule has 1 saturated carbocycles. The molecule has 13 N–H and O–H groups in total. The van der Waals surface area contributed by atoms with Crippen molar-refractivity contribution in [3.63, 3.8) is 0 Å². The Morgan fingerprint density at radius 1 is 0.717 bits per heavy atom. The number of nitrogen functional groups attached to an aromatic ring is 2. The third-order valence-electron chi connectivity index (χ3n) is 26.9. The third kappa shape index (κ3) is 26.9. The molecule has 6 aromatic heterocycles. The van der Waals surface area contributed by atoms with Crippen LogP contribution in [0.4, 0.5) is 28.3 Å². The molecule has 4 fully saturated rings. The quantitative estimate of drug-likeness (QED) is 0.0105. The Morgan fingerprint density at radius 3 is 2.20 bits per heavy atom. The summed E-state index contributed by atoms with van der Waals surface area (Å²) in [5.74, 6) is -8.30. The number of aliphatic hydroxyl groups is 4. The van der Waals surface area contributed by atoms with E-state index in [2.05, 4.69) is 68.7 Å². The van der Waals surface area contributed by atoms with Crippen LogP contribution in [0.1, 0.15) is 158 Å². The minimum Gasteiger partial charge on any atom is -0.459 e. The van der Waals surface area contributed by atoms with Crippen LogP contribution in [0.2, 0.25) is 0 Å². The Bertz CT molecular complexity index is 5460. The summed E-state index contributed by atoms with van der Waals surface area (Å²) >= 11 is 0. The van der Waals surface area contributed by atoms with Gasteiger partial charge in [0, 0.05) is 151 Å². The molecule has 40 nitrogen and oxygen atoms in total. The zero-order chi connectivity index (χ0) is 98.3. The molecule has 746 valence electrons. The fourth-order valence-corrected chi connectivity index (χ4v) is 18.8. The molecule has 11 heterocycles. The van der Waals surface area contributed by atoms with Crippen LogP contribution in [0.25, 0.3) is 33.3 Å². The van der Waals surface area contributed by atoms with Gasteiger partial charge in [0.1, 0.15) is 65.5 Å². The summed E-state index contributed by atoms with van der Waals surface area (Å²) in [4.78, 5) is 153. The number of methoxy groups -OCH3 is 2. The molecule has 6 aliphatic rings. The normalized spacial score (nSPS) is 26.9. The summed E-state index contributed by atoms with van der Waals surface area (Å²) in [5, 5.41) is 57.4. The van der Waals surface area contributed by atoms with Gasteiger partial charge in [0.25, 0.3) is 17.6 Å². The number of amides is 4. The Kier molecular flexibility index (Phi) is 37.1. The summed E-state index contributed by atoms with van der Waals surface area (Å²) in [5.41, 5.74) is 27.2. The van der Waals surface area contributed by atoms with Gasteiger partial charge in [-0.3, -0.25) is 28.8 Å². The summed E-state index contributed by atoms with van der Waals surface area (Å²) in [6, 6.07) is 7.31. The van der Waals surface area contributed by atoms with Gasteiger partial charge in [0.05, 0.1) is 108 Å². The Balaban J connectivity index is 0.499. The van der Waals surface area contributed by atoms with Crippen LogP contribution in [-0.2, 0) is 97.5 Å². The van der Waals surface area contributed by atoms with E-state index in [-0.39, 0.29) is 99.9 Å². The van der Waals surface area contributed by atoms with Gasteiger partial charge >= 0.3 is 12.1 Å². The SMILES string of the molecule is CO[C@H]1C[C@@H]2CC[C@@H](C)[C@@](O)(O2)C(=O)C(=O)N2CCCC[C@H]2C(=O)O[C@H]([C@H](N)C[C@@H]2CC[C@@H](OC(=O)NCc3cnc(N4CCN(c5ncc(C(=O)NCCOCCOCCOCCOCCC(=O)N6CCc7cc(Cn8nc(-c9cnc%10[nH]c(N)cc%10c9)c9c(N)ncnc98)ccc7C6)cn5)CC4CO)nc3)[C@H](OC)C2)CC(=O)[C@H](C)/C=C(\C)[C@@H](O)[C@@H](O)C(=O)[C@H](C)C[C@H](C)/C=C/C=C/C=C/1C. The standard InChI is InChI=1S/C98H133N19O21/c1-58-14-10-9-11-15-59(2)78(130-7)45-73-21-17-63(6)98(129,138-73)88(124)93(126)116-26-13-12-16-75(116)94(127)136-79(46-76(119)60(3)39-62(5)86(122)87(123)85(121)61(4)38-58)74(99)41-64-19-22-77(80(42-64)131-8)137-97(128)108-49-66-47-104-96(105-48-66)115-29-28-114(55-72(115)56-118)95-106-51-71(52-107-95)92(125)102-25-31-133-33-35-135-37-36-134-34-32-132-30-24-82(120)113-27-23-67-40-65(18-20-68(67)54-113)53-117-91-83(89(101)109-57-110-91)84(112-117)70-43-69-44-81(100)111-90(69)103-50-70/h9-11,14-15,18,20,39-40,43-44,47-48,50-52,57-58,60-61,63-64,72-75,77-80,86-87,118,122-123,129H,12-13,16-17,19,21-38,41-42,45-46,49,53-56,99-100H2,1-8H3,(H,102,125)(H,103,111)(H,108,128)(H2,101,109,110)/b11-9+,14-10+,59-15+,62-39+/t58-,60-,61-,63-,64+,72?,73+,74-,75+,77-,78+,79+,80-,86-,87+,98-/m1/s1. The second kappa shape index (κ2) is 49.3. The number of aromatic amines is 1. The van der Waals surface area contributed by atoms with E-state index >= 15 is 0 Å². The van der Waals surface area contributed by atoms with Gasteiger partial charge in [-0.25, -0.2) is 49.2 Å². The van der Waals surface area contributed by atoms with E-state index in [0.717, 1.165) is 32.5 Å². The number of alkyl carbamates (subject to hydrolysis) is 1. The lowest BCUT2D eigenvalue weighted by molar-refractivity contribution is -0.265. The van der Waals surface area contributed by atoms with Gasteiger partial charge in [0.15, 0.2) is 11.4 Å². The van der Waals surface area contributed by atoms with Crippen molar-refractivity contribution in [2.75, 3.05) is 134 Å². The number of nitrogens with zero attached hydrogens (tertiary/aromatic N) is 13. The maximum Gasteiger partial charge on any atom is 0.407 e. The number of esters is 1. The fraction of sp³-hybridized carbons (Fsp3) is 0.571. The minimum absolute atomic E-state index is 0.00842. The molecular weight excluding hydrogens is 1780 g/mol. The first-order valence-corrected chi connectivity index (χ1v) is 47.8. The second-order valence-corrected chi connectivity index (χ2v) is 36.9. The first-order chi connectivity index (χ1) is 66.5. The van der Waals surface area contributed by atoms with Crippen molar-refractivity contribution in [1.29, 1.82) is 0 Å². The molecule has 0 radical (unpaired) electrons. The van der Waals surface area contributed by atoms with Gasteiger partial charge < -0.3 is 115 Å². The van der Waals surface area contributed by atoms with Crippen LogP contribution in [-0.4, -0.2) is 307 Å². The Labute approximate surface area is 802 Å². The van der Waals surface area contributed by atoms with Gasteiger partial charge in [-0.1, -0.05) is 82.4 Å². The minimum atomic E-state index is -2.53. The molecule has 4 amide bonds. The number of piperidine rings is 1. The van der Waals surface area contributed by atoms with Gasteiger partial charge in [0.2, 0.25) is 23.6 Å². The molecule has 0 spiro atoms. The predicted octanol–water partition coefficient (Wildman–Crippen LogP) is 6.09. The second-order valence-electron chi connectivity index (χ2n) is 36.9. The average molecular weight is 1910 g/mol. The molecule has 3 saturated heterocycles. The van der Waals surface area contributed by atoms with Crippen molar-refractivity contribution >= 4 is 92.7 Å². The summed E-state index contributed by atoms with van der Waals surface area (Å²) in [6.07, 6.45) is 16.3. The number of anilines is 4. The first kappa shape index (κ1) is 104. The molecule has 1 aliphatic carbocycles. The van der Waals surface area contributed by atoms with Crippen LogP contribution in [0.5, 0.6) is 0 Å². The number of carbonyl (C=O) groups is 8. The van der Waals surface area contributed by atoms with Gasteiger partial charge in [-0.05, 0) is 136 Å². The van der Waals surface area contributed by atoms with E-state index in [1.165, 1.54) is 44.4 Å². The molecule has 40 heteroatoms. The van der Waals surface area contributed by atoms with E-state index < -0.39 is 126 Å². The van der Waals surface area contributed by atoms with E-state index in [9.17, 15) is 58.8 Å². The molecular formula is C98H133N19O21. The topological polar surface area (TPSA) is 539 Å². The number of ketones is 3. The smallest absolute Gasteiger partial charge is 0.407 e. The van der Waals surface area contributed by atoms with Crippen LogP contribution >= 0.6 is 0 Å². The number of Topliss-reactive ketones (excluding diaryl/α,β-unsaturated/α-hetero) is 3. The summed E-state index contributed by atoms with van der Waals surface area (Å²) in [7, 11) is 3.04. The summed E-state index contributed by atoms with van der Waals surface area (Å²) in [6.45, 7) is 15.4. The molecule has 7 aromatic rings. The number of aromatic nitrogens is 10. The predicted molar refractivity (Wildman–Crippen MR) is 509 cm³/mol. The maximum atomic E-state index is 14.7. The van der Waals surface area contributed by atoms with Crippen molar-refractivity contribution in [3.8, 4) is 11.3 Å². The van der Waals surface area contributed by atoms with Crippen molar-refractivity contribution in [2.24, 2.45) is 35.3 Å². The fourth-order valence-electron chi connectivity index (χ4n) is 18.8. The lowest BCUT2D eigenvalue weighted by Gasteiger charge is -2.42. The Hall–Kier alpha value is -11.5. The van der Waals surface area contributed by atoms with Crippen molar-refractivity contribution in [3.05, 3.63) is 143 Å². The average Bonchev–Trinajstić information content (AvgIpc) is 1.54. The van der Waals surface area contributed by atoms with Crippen molar-refractivity contribution < 1.29 is 101 Å². The number of nitrogens with one attached hydrogen (secondary N) is 3. The van der Waals surface area contributed by atoms with E-state index in [1.54, 1.807) is 46.5 Å². The maximum absolute atomic E-state index is 14.7. The summed E-state index contributed by atoms with van der Waals surface area (Å²) < 4.78 is 54.7. The van der Waals surface area contributed by atoms with E-state index in [0.29, 0.717) is 188 Å². The number of aliphatic hydroxyl groups excluding tert-OH is 3. The number of carbonyl (C=O) groups excluding carboxylic acids is 8. The number of hydrogen-bond acceptors (Lipinski definition) is 34. The molecule has 5 aliphatic heterocycles. The first-order valence-electron chi connectivity index (χ1n) is 47.8. The molecule has 1 unspecified atom stereocenters. The Morgan fingerprint density at radius 2 is 1.46 bits per heavy atom. The molecule has 1 aromatic carbocycles. The van der Waals surface area contributed by atoms with Crippen molar-refractivity contribution in [1.82, 2.24) is 70.1 Å². The number of H-pyrrole nitrogens is 1. The largest absolute Gasteiger partial charge is 0.459 e. The highest BCUT2D eigenvalue weighted by molar-refractivity contribution is 6.39. The number of benzene rings is 1. The molecule has 13 rings (SSSR count). The number of piperazine rings is 1. The number of allylic oxidation sites excluding steroid dienone is 6. The van der Waals surface area contributed by atoms with Crippen LogP contribution in [0, 0.1) is 29.6 Å². The lowest BCUT2D eigenvalue weighted by atomic mass is 9.80. The van der Waals surface area contributed by atoms with Gasteiger partial charge in [-0.15, -0.1) is 0 Å². The lowest BCUT2D eigenvalue weighted by Crippen LogP contribution is -2.61. The van der Waals surface area contributed by atoms with Crippen LogP contribution in [0.3, 0.4) is 0 Å². The number of cyclic esters (lactones) is 1. The van der Waals surface area contributed by atoms with Gasteiger partial charge in [-0.2, -0.15) is 5.10 Å². The number of nitrogens with two attached hydrogens (primary N) is 3. The molecule has 2 bridgehead atoms. The van der Waals surface area contributed by atoms with Crippen molar-refractivity contribution in [2.45, 2.75) is 218 Å².